The molecule has 1 N–H and O–H groups in total. The van der Waals surface area contributed by atoms with E-state index in [-0.39, 0.29) is 23.2 Å². The average Bonchev–Trinajstić information content (AvgIpc) is 3.03. The molecule has 1 atom stereocenters. The highest BCUT2D eigenvalue weighted by Gasteiger charge is 2.34. The number of amides is 1. The molecule has 25 heavy (non-hydrogen) atoms. The van der Waals surface area contributed by atoms with Crippen molar-refractivity contribution in [2.45, 2.75) is 78.0 Å². The molecule has 0 spiro atoms. The van der Waals surface area contributed by atoms with E-state index in [1.165, 1.54) is 4.68 Å². The van der Waals surface area contributed by atoms with Crippen LogP contribution < -0.4 is 0 Å². The third kappa shape index (κ3) is 4.74. The number of hydrogen-bond donors (Lipinski definition) is 1. The lowest BCUT2D eigenvalue weighted by Gasteiger charge is -2.28. The molecule has 1 aromatic rings. The third-order valence-corrected chi connectivity index (χ3v) is 4.16. The molecule has 2 heterocycles. The number of aromatic carboxylic acids is 1. The van der Waals surface area contributed by atoms with E-state index in [2.05, 4.69) is 5.10 Å². The van der Waals surface area contributed by atoms with Gasteiger partial charge in [0.1, 0.15) is 11.3 Å². The predicted molar refractivity (Wildman–Crippen MR) is 93.8 cm³/mol. The van der Waals surface area contributed by atoms with E-state index in [1.807, 2.05) is 41.5 Å². The number of carboxylic acids is 1. The number of rotatable bonds is 3. The number of nitrogens with zero attached hydrogens (tertiary/aromatic N) is 3. The van der Waals surface area contributed by atoms with Gasteiger partial charge in [-0.25, -0.2) is 9.59 Å². The lowest BCUT2D eigenvalue weighted by molar-refractivity contribution is 0.0211. The molecule has 7 nitrogen and oxygen atoms in total. The van der Waals surface area contributed by atoms with Gasteiger partial charge in [-0.3, -0.25) is 4.68 Å². The average molecular weight is 351 g/mol. The van der Waals surface area contributed by atoms with Gasteiger partial charge in [-0.05, 0) is 39.7 Å². The van der Waals surface area contributed by atoms with Crippen LogP contribution in [0.1, 0.15) is 70.6 Å². The van der Waals surface area contributed by atoms with Crippen LogP contribution in [-0.4, -0.2) is 50.0 Å². The van der Waals surface area contributed by atoms with E-state index in [1.54, 1.807) is 11.0 Å². The Bertz CT molecular complexity index is 652. The Morgan fingerprint density at radius 2 is 1.92 bits per heavy atom. The van der Waals surface area contributed by atoms with Gasteiger partial charge >= 0.3 is 12.1 Å². The molecule has 0 radical (unpaired) electrons. The Labute approximate surface area is 148 Å². The first-order chi connectivity index (χ1) is 11.4. The molecule has 7 heteroatoms. The molecule has 1 amide bonds. The Kier molecular flexibility index (Phi) is 5.16. The third-order valence-electron chi connectivity index (χ3n) is 4.16. The van der Waals surface area contributed by atoms with Crippen LogP contribution in [0.4, 0.5) is 4.79 Å². The summed E-state index contributed by atoms with van der Waals surface area (Å²) in [6.45, 7) is 12.5. The molecular weight excluding hydrogens is 322 g/mol. The normalized spacial score (nSPS) is 18.5. The predicted octanol–water partition coefficient (Wildman–Crippen LogP) is 3.28. The number of aromatic nitrogens is 2. The zero-order valence-corrected chi connectivity index (χ0v) is 16.0. The van der Waals surface area contributed by atoms with Gasteiger partial charge in [-0.1, -0.05) is 20.8 Å². The summed E-state index contributed by atoms with van der Waals surface area (Å²) in [5.74, 6) is -1.01. The number of hydrogen-bond acceptors (Lipinski definition) is 4. The molecule has 1 aromatic heterocycles. The number of carbonyl (C=O) groups excluding carboxylic acids is 1. The molecule has 1 fully saturated rings. The zero-order chi connectivity index (χ0) is 19.0. The van der Waals surface area contributed by atoms with Crippen molar-refractivity contribution in [3.05, 3.63) is 17.5 Å². The summed E-state index contributed by atoms with van der Waals surface area (Å²) in [7, 11) is 0. The number of ether oxygens (including phenoxy) is 1. The number of likely N-dealkylation sites (tertiary alicyclic amines) is 1. The standard InChI is InChI=1S/C18H29N3O4/c1-17(2,3)14-10-13(15(22)23)21(19-14)11-12-8-7-9-20(12)16(24)25-18(4,5)6/h10,12H,7-9,11H2,1-6H3,(H,22,23). The maximum absolute atomic E-state index is 12.4. The van der Waals surface area contributed by atoms with Gasteiger partial charge < -0.3 is 14.7 Å². The van der Waals surface area contributed by atoms with Gasteiger partial charge in [-0.2, -0.15) is 5.10 Å². The van der Waals surface area contributed by atoms with Crippen molar-refractivity contribution in [2.24, 2.45) is 0 Å². The molecule has 0 saturated carbocycles. The first-order valence-corrected chi connectivity index (χ1v) is 8.70. The first-order valence-electron chi connectivity index (χ1n) is 8.70. The fraction of sp³-hybridized carbons (Fsp3) is 0.722. The summed E-state index contributed by atoms with van der Waals surface area (Å²) in [5.41, 5.74) is 0.0880. The van der Waals surface area contributed by atoms with E-state index in [0.717, 1.165) is 18.5 Å². The van der Waals surface area contributed by atoms with E-state index in [9.17, 15) is 14.7 Å². The van der Waals surface area contributed by atoms with Gasteiger partial charge in [0.15, 0.2) is 0 Å². The van der Waals surface area contributed by atoms with Crippen molar-refractivity contribution >= 4 is 12.1 Å². The fourth-order valence-corrected chi connectivity index (χ4v) is 2.88. The smallest absolute Gasteiger partial charge is 0.410 e. The Morgan fingerprint density at radius 1 is 1.28 bits per heavy atom. The van der Waals surface area contributed by atoms with Crippen LogP contribution in [0, 0.1) is 0 Å². The second kappa shape index (κ2) is 6.69. The minimum Gasteiger partial charge on any atom is -0.477 e. The topological polar surface area (TPSA) is 84.7 Å². The maximum atomic E-state index is 12.4. The summed E-state index contributed by atoms with van der Waals surface area (Å²) >= 11 is 0. The summed E-state index contributed by atoms with van der Waals surface area (Å²) < 4.78 is 6.98. The molecule has 0 aromatic carbocycles. The van der Waals surface area contributed by atoms with Crippen molar-refractivity contribution in [1.29, 1.82) is 0 Å². The van der Waals surface area contributed by atoms with Crippen LogP contribution in [0.2, 0.25) is 0 Å². The molecule has 2 rings (SSSR count). The highest BCUT2D eigenvalue weighted by Crippen LogP contribution is 2.25. The van der Waals surface area contributed by atoms with E-state index in [0.29, 0.717) is 13.1 Å². The van der Waals surface area contributed by atoms with E-state index < -0.39 is 11.6 Å². The van der Waals surface area contributed by atoms with Crippen LogP contribution in [0.25, 0.3) is 0 Å². The molecule has 0 aliphatic carbocycles. The Hall–Kier alpha value is -2.05. The van der Waals surface area contributed by atoms with Crippen molar-refractivity contribution in [1.82, 2.24) is 14.7 Å². The highest BCUT2D eigenvalue weighted by molar-refractivity contribution is 5.85. The minimum absolute atomic E-state index is 0.110. The molecule has 140 valence electrons. The fourth-order valence-electron chi connectivity index (χ4n) is 2.88. The van der Waals surface area contributed by atoms with Crippen molar-refractivity contribution < 1.29 is 19.4 Å². The minimum atomic E-state index is -1.01. The van der Waals surface area contributed by atoms with Gasteiger partial charge in [0, 0.05) is 12.0 Å². The van der Waals surface area contributed by atoms with Crippen molar-refractivity contribution in [3.63, 3.8) is 0 Å². The lowest BCUT2D eigenvalue weighted by Crippen LogP contribution is -2.42. The van der Waals surface area contributed by atoms with Gasteiger partial charge in [0.2, 0.25) is 0 Å². The second-order valence-corrected chi connectivity index (χ2v) is 8.62. The molecule has 1 unspecified atom stereocenters. The van der Waals surface area contributed by atoms with Gasteiger partial charge in [-0.15, -0.1) is 0 Å². The molecular formula is C18H29N3O4. The number of carbonyl (C=O) groups is 2. The SMILES string of the molecule is CC(C)(C)OC(=O)N1CCCC1Cn1nc(C(C)(C)C)cc1C(=O)O. The Morgan fingerprint density at radius 3 is 2.44 bits per heavy atom. The maximum Gasteiger partial charge on any atom is 0.410 e. The first kappa shape index (κ1) is 19.3. The van der Waals surface area contributed by atoms with E-state index in [4.69, 9.17) is 4.74 Å². The second-order valence-electron chi connectivity index (χ2n) is 8.62. The van der Waals surface area contributed by atoms with Crippen LogP contribution >= 0.6 is 0 Å². The monoisotopic (exact) mass is 351 g/mol. The van der Waals surface area contributed by atoms with E-state index >= 15 is 0 Å². The summed E-state index contributed by atoms with van der Waals surface area (Å²) in [6.07, 6.45) is 1.33. The lowest BCUT2D eigenvalue weighted by atomic mass is 9.92. The van der Waals surface area contributed by atoms with Crippen LogP contribution in [0.3, 0.4) is 0 Å². The highest BCUT2D eigenvalue weighted by atomic mass is 16.6. The van der Waals surface area contributed by atoms with Crippen molar-refractivity contribution in [2.75, 3.05) is 6.54 Å². The number of carboxylic acid groups (broad SMARTS) is 1. The molecule has 1 aliphatic rings. The molecule has 0 bridgehead atoms. The molecule has 1 aliphatic heterocycles. The van der Waals surface area contributed by atoms with Gasteiger partial charge in [0.05, 0.1) is 18.3 Å². The molecule has 1 saturated heterocycles. The van der Waals surface area contributed by atoms with Crippen LogP contribution in [0.5, 0.6) is 0 Å². The summed E-state index contributed by atoms with van der Waals surface area (Å²) in [5, 5.41) is 14.0. The van der Waals surface area contributed by atoms with Gasteiger partial charge in [0.25, 0.3) is 0 Å². The quantitative estimate of drug-likeness (QED) is 0.903. The zero-order valence-electron chi connectivity index (χ0n) is 16.0. The van der Waals surface area contributed by atoms with Crippen molar-refractivity contribution in [3.8, 4) is 0 Å². The summed E-state index contributed by atoms with van der Waals surface area (Å²) in [6, 6.07) is 1.51. The van der Waals surface area contributed by atoms with Crippen LogP contribution in [-0.2, 0) is 16.7 Å². The largest absolute Gasteiger partial charge is 0.477 e. The Balaban J connectivity index is 2.21. The van der Waals surface area contributed by atoms with Crippen LogP contribution in [0.15, 0.2) is 6.07 Å². The summed E-state index contributed by atoms with van der Waals surface area (Å²) in [4.78, 5) is 25.7.